The van der Waals surface area contributed by atoms with Crippen molar-refractivity contribution in [3.05, 3.63) is 77.0 Å². The van der Waals surface area contributed by atoms with E-state index in [4.69, 9.17) is 9.47 Å². The summed E-state index contributed by atoms with van der Waals surface area (Å²) < 4.78 is 13.2. The third kappa shape index (κ3) is 10.1. The summed E-state index contributed by atoms with van der Waals surface area (Å²) in [4.78, 5) is 87.5. The van der Waals surface area contributed by atoms with Crippen LogP contribution in [-0.2, 0) is 25.6 Å². The zero-order chi connectivity index (χ0) is 46.2. The number of fused-ring (bicyclic) bond motifs is 2. The van der Waals surface area contributed by atoms with Crippen LogP contribution in [0.5, 0.6) is 0 Å². The standard InChI is InChI=1S/C48H59N9O7Si/c1-48(2,3)64-47(62)57-39-25-41(50-26-33(39)24-40(57)37-12-9-19-53(37)4)52-44(59)36-27-51-42(28-49-36)54-20-17-31(18-21-54)13-14-32-10-8-11-34-35(32)29-55(45(34)60)38-15-16-43(58)56(46(38)61)30-63-22-23-65(5,6)7/h8,10-11,24-28,31,37-38H,9,12,15-23,29-30H2,1-7H3,(H,50,52,59)/t37-,38?/m1/s1. The lowest BCUT2D eigenvalue weighted by atomic mass is 9.96. The van der Waals surface area contributed by atoms with Gasteiger partial charge in [0.25, 0.3) is 17.7 Å². The largest absolute Gasteiger partial charge is 0.443 e. The minimum Gasteiger partial charge on any atom is -0.443 e. The summed E-state index contributed by atoms with van der Waals surface area (Å²) in [5.41, 5.74) is 2.96. The van der Waals surface area contributed by atoms with Gasteiger partial charge in [-0.05, 0) is 96.3 Å². The molecule has 3 aromatic heterocycles. The molecule has 17 heteroatoms. The molecule has 4 aliphatic rings. The lowest BCUT2D eigenvalue weighted by Crippen LogP contribution is -2.55. The van der Waals surface area contributed by atoms with Gasteiger partial charge in [-0.25, -0.2) is 24.3 Å². The number of rotatable bonds is 10. The maximum atomic E-state index is 13.7. The third-order valence-electron chi connectivity index (χ3n) is 12.6. The maximum absolute atomic E-state index is 13.7. The molecule has 1 unspecified atom stereocenters. The predicted octanol–water partition coefficient (Wildman–Crippen LogP) is 6.68. The zero-order valence-electron chi connectivity index (χ0n) is 38.5. The van der Waals surface area contributed by atoms with Crippen molar-refractivity contribution in [1.29, 1.82) is 0 Å². The van der Waals surface area contributed by atoms with E-state index in [1.54, 1.807) is 34.0 Å². The van der Waals surface area contributed by atoms with Crippen molar-refractivity contribution in [1.82, 2.24) is 34.2 Å². The topological polar surface area (TPSA) is 172 Å². The second-order valence-corrected chi connectivity index (χ2v) is 25.3. The summed E-state index contributed by atoms with van der Waals surface area (Å²) in [5.74, 6) is 6.47. The van der Waals surface area contributed by atoms with Gasteiger partial charge in [-0.3, -0.25) is 29.0 Å². The van der Waals surface area contributed by atoms with Crippen LogP contribution in [0, 0.1) is 17.8 Å². The fourth-order valence-electron chi connectivity index (χ4n) is 8.95. The highest BCUT2D eigenvalue weighted by Crippen LogP contribution is 2.36. The van der Waals surface area contributed by atoms with Crippen LogP contribution in [0.15, 0.2) is 48.9 Å². The molecule has 0 bridgehead atoms. The smallest absolute Gasteiger partial charge is 0.419 e. The molecule has 65 heavy (non-hydrogen) atoms. The fraction of sp³-hybridized carbons (Fsp3) is 0.500. The summed E-state index contributed by atoms with van der Waals surface area (Å²) in [6.07, 6.45) is 8.20. The molecule has 0 aliphatic carbocycles. The molecule has 4 amide bonds. The lowest BCUT2D eigenvalue weighted by molar-refractivity contribution is -0.158. The van der Waals surface area contributed by atoms with Crippen LogP contribution < -0.4 is 10.2 Å². The Morgan fingerprint density at radius 2 is 1.72 bits per heavy atom. The SMILES string of the molecule is CN1CCC[C@@H]1c1cc2cnc(NC(=O)c3cnc(N4CCC(C#Cc5cccc6c5CN(C5CCC(=O)N(COCC[Si](C)(C)C)C5=O)C6=O)CC4)cn3)cc2n1C(=O)OC(C)(C)C. The van der Waals surface area contributed by atoms with E-state index in [0.29, 0.717) is 36.6 Å². The number of likely N-dealkylation sites (tertiary alicyclic amines) is 2. The number of hydrogen-bond acceptors (Lipinski definition) is 12. The Labute approximate surface area is 381 Å². The maximum Gasteiger partial charge on any atom is 0.419 e. The van der Waals surface area contributed by atoms with Gasteiger partial charge >= 0.3 is 6.09 Å². The number of piperidine rings is 2. The van der Waals surface area contributed by atoms with Crippen LogP contribution >= 0.6 is 0 Å². The molecule has 4 aromatic rings. The molecule has 0 saturated carbocycles. The van der Waals surface area contributed by atoms with Gasteiger partial charge in [-0.15, -0.1) is 0 Å². The van der Waals surface area contributed by atoms with E-state index in [2.05, 4.69) is 68.6 Å². The van der Waals surface area contributed by atoms with Gasteiger partial charge in [-0.1, -0.05) is 37.5 Å². The van der Waals surface area contributed by atoms with Gasteiger partial charge in [0.1, 0.15) is 35.7 Å². The third-order valence-corrected chi connectivity index (χ3v) is 14.3. The van der Waals surface area contributed by atoms with Crippen molar-refractivity contribution < 1.29 is 33.4 Å². The Bertz CT molecular complexity index is 2560. The van der Waals surface area contributed by atoms with Crippen LogP contribution in [0.1, 0.15) is 103 Å². The number of carbonyl (C=O) groups excluding carboxylic acids is 5. The number of anilines is 2. The Morgan fingerprint density at radius 1 is 0.938 bits per heavy atom. The molecule has 4 aliphatic heterocycles. The molecule has 0 radical (unpaired) electrons. The van der Waals surface area contributed by atoms with Gasteiger partial charge < -0.3 is 24.6 Å². The number of nitrogens with zero attached hydrogens (tertiary/aromatic N) is 8. The average Bonchev–Trinajstić information content (AvgIpc) is 3.96. The quantitative estimate of drug-likeness (QED) is 0.0776. The van der Waals surface area contributed by atoms with Crippen molar-refractivity contribution >= 4 is 60.3 Å². The molecule has 7 heterocycles. The number of nitrogens with one attached hydrogen (secondary N) is 1. The number of amides is 4. The highest BCUT2D eigenvalue weighted by molar-refractivity contribution is 6.76. The molecule has 8 rings (SSSR count). The molecule has 3 saturated heterocycles. The Morgan fingerprint density at radius 3 is 2.42 bits per heavy atom. The molecule has 2 atom stereocenters. The van der Waals surface area contributed by atoms with E-state index in [1.165, 1.54) is 11.1 Å². The number of aromatic nitrogens is 4. The number of ether oxygens (including phenoxy) is 2. The molecule has 1 N–H and O–H groups in total. The van der Waals surface area contributed by atoms with E-state index in [-0.39, 0.29) is 61.4 Å². The number of carbonyl (C=O) groups is 5. The second-order valence-electron chi connectivity index (χ2n) is 19.7. The average molecular weight is 902 g/mol. The van der Waals surface area contributed by atoms with Crippen molar-refractivity contribution in [3.63, 3.8) is 0 Å². The summed E-state index contributed by atoms with van der Waals surface area (Å²) in [6, 6.07) is 9.43. The lowest BCUT2D eigenvalue weighted by Gasteiger charge is -2.35. The number of imide groups is 1. The summed E-state index contributed by atoms with van der Waals surface area (Å²) in [7, 11) is 0.715. The molecule has 16 nitrogen and oxygen atoms in total. The highest BCUT2D eigenvalue weighted by atomic mass is 28.3. The van der Waals surface area contributed by atoms with E-state index in [9.17, 15) is 24.0 Å². The van der Waals surface area contributed by atoms with Crippen LogP contribution in [0.25, 0.3) is 10.9 Å². The summed E-state index contributed by atoms with van der Waals surface area (Å²) in [5, 5.41) is 3.60. The van der Waals surface area contributed by atoms with Crippen molar-refractivity contribution in [2.24, 2.45) is 5.92 Å². The Hall–Kier alpha value is -5.96. The summed E-state index contributed by atoms with van der Waals surface area (Å²) >= 11 is 0. The summed E-state index contributed by atoms with van der Waals surface area (Å²) in [6.45, 7) is 15.2. The van der Waals surface area contributed by atoms with Crippen LogP contribution in [-0.4, -0.2) is 124 Å². The van der Waals surface area contributed by atoms with E-state index >= 15 is 0 Å². The number of hydrogen-bond donors (Lipinski definition) is 1. The fourth-order valence-corrected chi connectivity index (χ4v) is 9.71. The first-order valence-electron chi connectivity index (χ1n) is 22.6. The van der Waals surface area contributed by atoms with Crippen LogP contribution in [0.4, 0.5) is 16.4 Å². The molecule has 342 valence electrons. The van der Waals surface area contributed by atoms with E-state index in [1.807, 2.05) is 39.0 Å². The van der Waals surface area contributed by atoms with Gasteiger partial charge in [0, 0.05) is 81.1 Å². The number of benzene rings is 1. The van der Waals surface area contributed by atoms with Gasteiger partial charge in [-0.2, -0.15) is 0 Å². The van der Waals surface area contributed by atoms with Gasteiger partial charge in [0.2, 0.25) is 5.91 Å². The van der Waals surface area contributed by atoms with Crippen molar-refractivity contribution in [2.75, 3.05) is 50.2 Å². The van der Waals surface area contributed by atoms with Gasteiger partial charge in [0.05, 0.1) is 24.0 Å². The Balaban J connectivity index is 0.872. The first kappa shape index (κ1) is 45.6. The van der Waals surface area contributed by atoms with Crippen molar-refractivity contribution in [2.45, 2.75) is 109 Å². The number of pyridine rings is 1. The van der Waals surface area contributed by atoms with Gasteiger partial charge in [0.15, 0.2) is 0 Å². The monoisotopic (exact) mass is 901 g/mol. The van der Waals surface area contributed by atoms with E-state index < -0.39 is 37.6 Å². The first-order valence-corrected chi connectivity index (χ1v) is 26.3. The van der Waals surface area contributed by atoms with Crippen LogP contribution in [0.3, 0.4) is 0 Å². The molecule has 3 fully saturated rings. The Kier molecular flexibility index (Phi) is 13.0. The molecular weight excluding hydrogens is 843 g/mol. The highest BCUT2D eigenvalue weighted by Gasteiger charge is 2.43. The molecular formula is C48H59N9O7Si. The minimum atomic E-state index is -1.34. The first-order chi connectivity index (χ1) is 30.9. The predicted molar refractivity (Wildman–Crippen MR) is 248 cm³/mol. The second kappa shape index (κ2) is 18.5. The van der Waals surface area contributed by atoms with Crippen molar-refractivity contribution in [3.8, 4) is 11.8 Å². The normalized spacial score (nSPS) is 19.7. The molecule has 1 aromatic carbocycles. The minimum absolute atomic E-state index is 0.0516. The van der Waals surface area contributed by atoms with E-state index in [0.717, 1.165) is 60.5 Å². The van der Waals surface area contributed by atoms with Crippen LogP contribution in [0.2, 0.25) is 25.7 Å². The molecule has 0 spiro atoms. The zero-order valence-corrected chi connectivity index (χ0v) is 39.5.